The number of amides is 1. The Balaban J connectivity index is 1.44. The SMILES string of the molecule is CC1=C2C(O)C(=O)[C@]3(C)C(O)CCC(C)(O)C3C(OC(=O)c3ccccc3)C(O)(CC1OC(=O)C(O)C(NC(=O)c1ccccc1)c1ccccc1)C2(C)C. The minimum Gasteiger partial charge on any atom is -0.456 e. The van der Waals surface area contributed by atoms with Crippen molar-refractivity contribution in [2.24, 2.45) is 16.7 Å². The number of ether oxygens (including phenoxy) is 2. The van der Waals surface area contributed by atoms with E-state index in [1.165, 1.54) is 32.9 Å². The first kappa shape index (κ1) is 40.0. The number of hydrogen-bond acceptors (Lipinski definition) is 11. The molecule has 0 heterocycles. The van der Waals surface area contributed by atoms with Crippen molar-refractivity contribution in [1.29, 1.82) is 0 Å². The molecule has 0 aromatic heterocycles. The lowest BCUT2D eigenvalue weighted by Gasteiger charge is -2.63. The third-order valence-corrected chi connectivity index (χ3v) is 12.5. The molecule has 12 nitrogen and oxygen atoms in total. The average Bonchev–Trinajstić information content (AvgIpc) is 3.17. The Bertz CT molecular complexity index is 1960. The first-order chi connectivity index (χ1) is 25.9. The Morgan fingerprint density at radius 3 is 1.95 bits per heavy atom. The molecule has 2 bridgehead atoms. The van der Waals surface area contributed by atoms with Gasteiger partial charge in [-0.3, -0.25) is 9.59 Å². The van der Waals surface area contributed by atoms with Crippen molar-refractivity contribution in [2.75, 3.05) is 0 Å². The molecule has 12 heteroatoms. The van der Waals surface area contributed by atoms with Crippen LogP contribution in [0.2, 0.25) is 0 Å². The molecule has 3 aliphatic carbocycles. The van der Waals surface area contributed by atoms with Crippen molar-refractivity contribution in [3.63, 3.8) is 0 Å². The molecule has 0 aliphatic heterocycles. The predicted octanol–water partition coefficient (Wildman–Crippen LogP) is 3.61. The van der Waals surface area contributed by atoms with Gasteiger partial charge in [0.2, 0.25) is 0 Å². The molecular formula is C43H49NO11. The van der Waals surface area contributed by atoms with E-state index in [1.54, 1.807) is 92.7 Å². The van der Waals surface area contributed by atoms with Gasteiger partial charge in [0.15, 0.2) is 11.9 Å². The average molecular weight is 756 g/mol. The Morgan fingerprint density at radius 1 is 0.818 bits per heavy atom. The van der Waals surface area contributed by atoms with Crippen LogP contribution in [-0.2, 0) is 19.1 Å². The zero-order valence-electron chi connectivity index (χ0n) is 31.5. The number of esters is 2. The number of aliphatic hydroxyl groups is 5. The van der Waals surface area contributed by atoms with Crippen LogP contribution in [0.3, 0.4) is 0 Å². The van der Waals surface area contributed by atoms with Crippen molar-refractivity contribution >= 4 is 23.6 Å². The molecule has 9 unspecified atom stereocenters. The first-order valence-electron chi connectivity index (χ1n) is 18.5. The quantitative estimate of drug-likeness (QED) is 0.145. The van der Waals surface area contributed by atoms with Gasteiger partial charge in [0, 0.05) is 23.3 Å². The zero-order valence-corrected chi connectivity index (χ0v) is 31.5. The number of ketones is 1. The summed E-state index contributed by atoms with van der Waals surface area (Å²) >= 11 is 0. The van der Waals surface area contributed by atoms with Gasteiger partial charge >= 0.3 is 11.9 Å². The van der Waals surface area contributed by atoms with Gasteiger partial charge in [0.1, 0.15) is 23.9 Å². The summed E-state index contributed by atoms with van der Waals surface area (Å²) in [6.07, 6.45) is -8.94. The number of benzene rings is 3. The fourth-order valence-corrected chi connectivity index (χ4v) is 9.23. The van der Waals surface area contributed by atoms with Gasteiger partial charge in [-0.05, 0) is 74.6 Å². The Hall–Kier alpha value is -4.72. The molecule has 0 radical (unpaired) electrons. The summed E-state index contributed by atoms with van der Waals surface area (Å²) in [7, 11) is 0. The Morgan fingerprint density at radius 2 is 1.36 bits per heavy atom. The molecule has 0 saturated heterocycles. The maximum absolute atomic E-state index is 14.6. The summed E-state index contributed by atoms with van der Waals surface area (Å²) in [5, 5.41) is 63.1. The van der Waals surface area contributed by atoms with E-state index in [9.17, 15) is 44.7 Å². The second kappa shape index (κ2) is 14.7. The van der Waals surface area contributed by atoms with Gasteiger partial charge in [0.05, 0.1) is 28.7 Å². The number of nitrogens with one attached hydrogen (secondary N) is 1. The highest BCUT2D eigenvalue weighted by atomic mass is 16.6. The van der Waals surface area contributed by atoms with Gasteiger partial charge in [-0.15, -0.1) is 0 Å². The third-order valence-electron chi connectivity index (χ3n) is 12.5. The van der Waals surface area contributed by atoms with E-state index in [1.807, 2.05) is 0 Å². The van der Waals surface area contributed by atoms with E-state index in [-0.39, 0.29) is 35.1 Å². The van der Waals surface area contributed by atoms with Crippen LogP contribution >= 0.6 is 0 Å². The third kappa shape index (κ3) is 6.80. The zero-order chi connectivity index (χ0) is 40.1. The lowest BCUT2D eigenvalue weighted by atomic mass is 9.46. The number of Topliss-reactive ketones (excluding diaryl/α,β-unsaturated/α-hetero) is 1. The van der Waals surface area contributed by atoms with Crippen LogP contribution in [0.4, 0.5) is 0 Å². The van der Waals surface area contributed by atoms with E-state index in [0.717, 1.165) is 0 Å². The normalized spacial score (nSPS) is 32.5. The highest BCUT2D eigenvalue weighted by molar-refractivity contribution is 5.95. The number of fused-ring (bicyclic) bond motifs is 3. The lowest BCUT2D eigenvalue weighted by molar-refractivity contribution is -0.255. The molecule has 292 valence electrons. The minimum atomic E-state index is -2.27. The molecule has 3 aromatic carbocycles. The van der Waals surface area contributed by atoms with Gasteiger partial charge in [-0.1, -0.05) is 80.6 Å². The summed E-state index contributed by atoms with van der Waals surface area (Å²) < 4.78 is 12.2. The second-order valence-corrected chi connectivity index (χ2v) is 16.1. The van der Waals surface area contributed by atoms with Crippen LogP contribution in [0.1, 0.15) is 86.2 Å². The van der Waals surface area contributed by atoms with Crippen molar-refractivity contribution in [3.05, 3.63) is 119 Å². The number of hydrogen-bond donors (Lipinski definition) is 6. The van der Waals surface area contributed by atoms with Crippen LogP contribution in [0.5, 0.6) is 0 Å². The molecule has 3 aliphatic rings. The molecule has 6 rings (SSSR count). The summed E-state index contributed by atoms with van der Waals surface area (Å²) in [4.78, 5) is 55.8. The predicted molar refractivity (Wildman–Crippen MR) is 199 cm³/mol. The van der Waals surface area contributed by atoms with Crippen LogP contribution in [0.25, 0.3) is 0 Å². The first-order valence-corrected chi connectivity index (χ1v) is 18.5. The van der Waals surface area contributed by atoms with Crippen LogP contribution in [0, 0.1) is 16.7 Å². The van der Waals surface area contributed by atoms with E-state index in [2.05, 4.69) is 5.32 Å². The summed E-state index contributed by atoms with van der Waals surface area (Å²) in [6, 6.07) is 23.2. The van der Waals surface area contributed by atoms with E-state index in [0.29, 0.717) is 5.56 Å². The standard InChI is InChI=1S/C43H49NO11/c1-24-28(54-39(51)33(47)31(25-15-9-6-10-16-25)44-37(49)26-17-11-7-12-18-26)23-43(53)36(55-38(50)27-19-13-8-14-20-27)34-41(4,52)22-21-29(45)42(34,5)35(48)32(46)30(24)40(43,2)3/h6-20,28-29,31-34,36,45-47,52-53H,21-23H2,1-5H3,(H,44,49)/t28?,29?,31?,32?,33?,34?,36?,41?,42-,43?/m1/s1. The van der Waals surface area contributed by atoms with Crippen molar-refractivity contribution < 1.29 is 54.2 Å². The number of carbonyl (C=O) groups is 4. The second-order valence-electron chi connectivity index (χ2n) is 16.1. The highest BCUT2D eigenvalue weighted by Crippen LogP contribution is 2.61. The maximum Gasteiger partial charge on any atom is 0.338 e. The fraction of sp³-hybridized carbons (Fsp3) is 0.442. The summed E-state index contributed by atoms with van der Waals surface area (Å²) in [5.74, 6) is -4.95. The molecule has 55 heavy (non-hydrogen) atoms. The van der Waals surface area contributed by atoms with E-state index in [4.69, 9.17) is 9.47 Å². The molecule has 1 amide bonds. The maximum atomic E-state index is 14.6. The van der Waals surface area contributed by atoms with Crippen molar-refractivity contribution in [2.45, 2.75) is 102 Å². The Kier molecular flexibility index (Phi) is 10.7. The van der Waals surface area contributed by atoms with Crippen LogP contribution in [0.15, 0.2) is 102 Å². The van der Waals surface area contributed by atoms with Gasteiger partial charge in [0.25, 0.3) is 5.91 Å². The smallest absolute Gasteiger partial charge is 0.338 e. The van der Waals surface area contributed by atoms with Gasteiger partial charge in [-0.2, -0.15) is 0 Å². The highest BCUT2D eigenvalue weighted by Gasteiger charge is 2.72. The monoisotopic (exact) mass is 755 g/mol. The molecule has 0 spiro atoms. The van der Waals surface area contributed by atoms with Crippen LogP contribution in [-0.4, -0.2) is 90.9 Å². The van der Waals surface area contributed by atoms with E-state index >= 15 is 0 Å². The number of aliphatic hydroxyl groups excluding tert-OH is 3. The molecule has 6 N–H and O–H groups in total. The molecule has 10 atom stereocenters. The molecule has 3 aromatic rings. The summed E-state index contributed by atoms with van der Waals surface area (Å²) in [6.45, 7) is 7.51. The van der Waals surface area contributed by atoms with Crippen molar-refractivity contribution in [1.82, 2.24) is 5.32 Å². The molecule has 2 fully saturated rings. The Labute approximate surface area is 319 Å². The topological polar surface area (TPSA) is 200 Å². The fourth-order valence-electron chi connectivity index (χ4n) is 9.23. The molecular weight excluding hydrogens is 706 g/mol. The number of carbonyl (C=O) groups excluding carboxylic acids is 4. The van der Waals surface area contributed by atoms with Crippen LogP contribution < -0.4 is 5.32 Å². The lowest BCUT2D eigenvalue weighted by Crippen LogP contribution is -2.74. The van der Waals surface area contributed by atoms with Crippen molar-refractivity contribution in [3.8, 4) is 0 Å². The van der Waals surface area contributed by atoms with Gasteiger partial charge < -0.3 is 40.3 Å². The minimum absolute atomic E-state index is 0.0147. The molecule has 2 saturated carbocycles. The summed E-state index contributed by atoms with van der Waals surface area (Å²) in [5.41, 5.74) is -6.58. The van der Waals surface area contributed by atoms with Gasteiger partial charge in [-0.25, -0.2) is 9.59 Å². The van der Waals surface area contributed by atoms with E-state index < -0.39 is 94.6 Å². The number of rotatable bonds is 8. The largest absolute Gasteiger partial charge is 0.456 e.